The minimum absolute atomic E-state index is 0.0645. The number of ketones is 1. The number of nitrogens with zero attached hydrogens (tertiary/aromatic N) is 1. The summed E-state index contributed by atoms with van der Waals surface area (Å²) in [4.78, 5) is 38.7. The molecule has 2 aliphatic carbocycles. The maximum absolute atomic E-state index is 13.2. The maximum atomic E-state index is 13.2. The Kier molecular flexibility index (Phi) is 6.59. The van der Waals surface area contributed by atoms with Crippen LogP contribution in [-0.4, -0.2) is 22.3 Å². The minimum Gasteiger partial charge on any atom is -0.352 e. The standard InChI is InChI=1S/C25H32N2O3S2/c1-15(19-10-16-5-6-18(19)9-16)26-22(29)13-27-23(12-21(28)25(2,3)4)32-20(24(27)30)11-17-7-8-31-14-17/h7-8,11-12,14-16,18-19H,5-6,9-10,13H2,1-4H3,(H,26,29)/b20-11-,23-12+. The molecule has 7 heteroatoms. The van der Waals surface area contributed by atoms with Gasteiger partial charge in [-0.15, -0.1) is 11.3 Å². The van der Waals surface area contributed by atoms with Crippen molar-refractivity contribution >= 4 is 46.5 Å². The van der Waals surface area contributed by atoms with Gasteiger partial charge in [0, 0.05) is 17.5 Å². The van der Waals surface area contributed by atoms with Gasteiger partial charge in [0.15, 0.2) is 5.78 Å². The third-order valence-electron chi connectivity index (χ3n) is 6.90. The van der Waals surface area contributed by atoms with Crippen molar-refractivity contribution in [3.05, 3.63) is 41.9 Å². The molecule has 4 unspecified atom stereocenters. The predicted molar refractivity (Wildman–Crippen MR) is 131 cm³/mol. The molecule has 2 bridgehead atoms. The Labute approximate surface area is 196 Å². The second-order valence-corrected chi connectivity index (χ2v) is 12.2. The summed E-state index contributed by atoms with van der Waals surface area (Å²) in [5.74, 6) is 1.85. The first kappa shape index (κ1) is 23.2. The molecule has 2 heterocycles. The summed E-state index contributed by atoms with van der Waals surface area (Å²) in [5.41, 5.74) is 0.168. The molecule has 5 nitrogen and oxygen atoms in total. The van der Waals surface area contributed by atoms with E-state index < -0.39 is 5.41 Å². The number of nitrogens with one attached hydrogen (secondary N) is 1. The molecule has 4 rings (SSSR count). The van der Waals surface area contributed by atoms with Crippen LogP contribution in [0.15, 0.2) is 21.6 Å². The molecule has 2 aromatic heterocycles. The lowest BCUT2D eigenvalue weighted by molar-refractivity contribution is -0.123. The van der Waals surface area contributed by atoms with Crippen molar-refractivity contribution in [2.75, 3.05) is 0 Å². The number of fused-ring (bicyclic) bond motifs is 2. The van der Waals surface area contributed by atoms with Crippen molar-refractivity contribution < 1.29 is 9.59 Å². The van der Waals surface area contributed by atoms with Gasteiger partial charge in [-0.05, 0) is 72.4 Å². The summed E-state index contributed by atoms with van der Waals surface area (Å²) >= 11 is 2.83. The lowest BCUT2D eigenvalue weighted by Crippen LogP contribution is -2.44. The van der Waals surface area contributed by atoms with Crippen LogP contribution < -0.4 is 20.1 Å². The molecule has 4 atom stereocenters. The number of thiophene rings is 1. The summed E-state index contributed by atoms with van der Waals surface area (Å²) in [7, 11) is 0. The van der Waals surface area contributed by atoms with Crippen molar-refractivity contribution in [1.82, 2.24) is 9.88 Å². The summed E-state index contributed by atoms with van der Waals surface area (Å²) in [6, 6.07) is 2.05. The maximum Gasteiger partial charge on any atom is 0.269 e. The highest BCUT2D eigenvalue weighted by Gasteiger charge is 2.42. The van der Waals surface area contributed by atoms with Gasteiger partial charge in [-0.1, -0.05) is 27.2 Å². The molecule has 1 N–H and O–H groups in total. The summed E-state index contributed by atoms with van der Waals surface area (Å²) < 4.78 is 2.51. The zero-order valence-corrected chi connectivity index (χ0v) is 20.9. The Hall–Kier alpha value is -1.99. The highest BCUT2D eigenvalue weighted by atomic mass is 32.1. The van der Waals surface area contributed by atoms with Crippen LogP contribution in [-0.2, 0) is 16.1 Å². The third-order valence-corrected chi connectivity index (χ3v) is 8.66. The number of aromatic nitrogens is 1. The van der Waals surface area contributed by atoms with Crippen LogP contribution in [0.5, 0.6) is 0 Å². The Bertz CT molecular complexity index is 1170. The number of hydrogen-bond donors (Lipinski definition) is 1. The van der Waals surface area contributed by atoms with Gasteiger partial charge in [0.05, 0.1) is 4.53 Å². The van der Waals surface area contributed by atoms with Gasteiger partial charge >= 0.3 is 0 Å². The molecule has 32 heavy (non-hydrogen) atoms. The number of rotatable bonds is 6. The molecule has 1 amide bonds. The van der Waals surface area contributed by atoms with Crippen LogP contribution in [0.25, 0.3) is 12.2 Å². The SMILES string of the molecule is CC(NC(=O)Cn1c(=O)/c(=C/c2ccsc2)s/c1=C/C(=O)C(C)(C)C)C1CC2CCC1C2. The fourth-order valence-corrected chi connectivity index (χ4v) is 6.75. The lowest BCUT2D eigenvalue weighted by atomic mass is 9.84. The van der Waals surface area contributed by atoms with E-state index in [1.165, 1.54) is 47.7 Å². The van der Waals surface area contributed by atoms with Crippen LogP contribution in [0, 0.1) is 23.2 Å². The van der Waals surface area contributed by atoms with Crippen molar-refractivity contribution in [3.63, 3.8) is 0 Å². The van der Waals surface area contributed by atoms with Crippen molar-refractivity contribution in [2.24, 2.45) is 23.2 Å². The lowest BCUT2D eigenvalue weighted by Gasteiger charge is -2.28. The number of amides is 1. The Morgan fingerprint density at radius 1 is 1.28 bits per heavy atom. The summed E-state index contributed by atoms with van der Waals surface area (Å²) in [6.45, 7) is 7.57. The van der Waals surface area contributed by atoms with Crippen LogP contribution in [0.2, 0.25) is 0 Å². The molecular weight excluding hydrogens is 440 g/mol. The monoisotopic (exact) mass is 472 g/mol. The highest BCUT2D eigenvalue weighted by Crippen LogP contribution is 2.49. The van der Waals surface area contributed by atoms with Gasteiger partial charge in [-0.2, -0.15) is 11.3 Å². The van der Waals surface area contributed by atoms with E-state index in [0.29, 0.717) is 15.1 Å². The van der Waals surface area contributed by atoms with Gasteiger partial charge in [-0.25, -0.2) is 0 Å². The van der Waals surface area contributed by atoms with Crippen LogP contribution in [0.1, 0.15) is 58.9 Å². The summed E-state index contributed by atoms with van der Waals surface area (Å²) in [5, 5.41) is 7.07. The van der Waals surface area contributed by atoms with Gasteiger partial charge in [-0.3, -0.25) is 19.0 Å². The first-order valence-electron chi connectivity index (χ1n) is 11.4. The second kappa shape index (κ2) is 9.10. The van der Waals surface area contributed by atoms with Crippen molar-refractivity contribution in [2.45, 2.75) is 66.0 Å². The predicted octanol–water partition coefficient (Wildman–Crippen LogP) is 3.14. The number of carbonyl (C=O) groups excluding carboxylic acids is 2. The average Bonchev–Trinajstić information content (AvgIpc) is 3.50. The zero-order valence-electron chi connectivity index (χ0n) is 19.2. The fraction of sp³-hybridized carbons (Fsp3) is 0.560. The molecule has 0 aromatic carbocycles. The van der Waals surface area contributed by atoms with Crippen LogP contribution in [0.4, 0.5) is 0 Å². The number of thiazole rings is 1. The number of Topliss-reactive ketones (excluding diaryl/α,β-unsaturated/α-hetero) is 1. The molecule has 0 saturated heterocycles. The number of hydrogen-bond acceptors (Lipinski definition) is 5. The first-order chi connectivity index (χ1) is 15.1. The topological polar surface area (TPSA) is 68.2 Å². The highest BCUT2D eigenvalue weighted by molar-refractivity contribution is 7.08. The Morgan fingerprint density at radius 3 is 2.66 bits per heavy atom. The van der Waals surface area contributed by atoms with Gasteiger partial charge in [0.1, 0.15) is 11.2 Å². The number of carbonyl (C=O) groups is 2. The van der Waals surface area contributed by atoms with E-state index >= 15 is 0 Å². The quantitative estimate of drug-likeness (QED) is 0.702. The molecule has 2 fully saturated rings. The molecule has 2 aliphatic rings. The fourth-order valence-electron chi connectivity index (χ4n) is 5.09. The van der Waals surface area contributed by atoms with Gasteiger partial charge in [0.2, 0.25) is 5.91 Å². The Morgan fingerprint density at radius 2 is 2.06 bits per heavy atom. The van der Waals surface area contributed by atoms with E-state index in [1.807, 2.05) is 43.7 Å². The van der Waals surface area contributed by atoms with Crippen molar-refractivity contribution in [1.29, 1.82) is 0 Å². The minimum atomic E-state index is -0.555. The molecule has 0 radical (unpaired) electrons. The van der Waals surface area contributed by atoms with Gasteiger partial charge in [0.25, 0.3) is 5.56 Å². The molecule has 0 aliphatic heterocycles. The van der Waals surface area contributed by atoms with Gasteiger partial charge < -0.3 is 5.32 Å². The van der Waals surface area contributed by atoms with E-state index in [4.69, 9.17) is 0 Å². The van der Waals surface area contributed by atoms with E-state index in [0.717, 1.165) is 17.4 Å². The van der Waals surface area contributed by atoms with Crippen LogP contribution in [0.3, 0.4) is 0 Å². The molecule has 2 aromatic rings. The van der Waals surface area contributed by atoms with E-state index in [-0.39, 0.29) is 29.8 Å². The molecular formula is C25H32N2O3S2. The van der Waals surface area contributed by atoms with E-state index in [1.54, 1.807) is 11.3 Å². The third kappa shape index (κ3) is 4.99. The second-order valence-electron chi connectivity index (χ2n) is 10.4. The van der Waals surface area contributed by atoms with E-state index in [2.05, 4.69) is 12.2 Å². The molecule has 172 valence electrons. The average molecular weight is 473 g/mol. The normalized spacial score (nSPS) is 24.8. The zero-order chi connectivity index (χ0) is 23.0. The first-order valence-corrected chi connectivity index (χ1v) is 13.2. The largest absolute Gasteiger partial charge is 0.352 e. The summed E-state index contributed by atoms with van der Waals surface area (Å²) in [6.07, 6.45) is 8.44. The Balaban J connectivity index is 1.60. The van der Waals surface area contributed by atoms with E-state index in [9.17, 15) is 14.4 Å². The van der Waals surface area contributed by atoms with Crippen LogP contribution >= 0.6 is 22.7 Å². The molecule has 0 spiro atoms. The molecule has 2 saturated carbocycles. The smallest absolute Gasteiger partial charge is 0.269 e. The van der Waals surface area contributed by atoms with Crippen molar-refractivity contribution in [3.8, 4) is 0 Å².